The van der Waals surface area contributed by atoms with Gasteiger partial charge in [-0.05, 0) is 0 Å². The third-order valence-corrected chi connectivity index (χ3v) is 2.60. The number of rotatable bonds is 6. The first kappa shape index (κ1) is 14.7. The van der Waals surface area contributed by atoms with Crippen LogP contribution >= 0.6 is 11.6 Å². The Kier molecular flexibility index (Phi) is 5.79. The van der Waals surface area contributed by atoms with Gasteiger partial charge in [0.1, 0.15) is 12.5 Å². The molecule has 0 saturated heterocycles. The van der Waals surface area contributed by atoms with Gasteiger partial charge in [-0.1, -0.05) is 17.5 Å². The highest BCUT2D eigenvalue weighted by atomic mass is 35.5. The zero-order valence-corrected chi connectivity index (χ0v) is 11.3. The van der Waals surface area contributed by atoms with Crippen LogP contribution in [0.4, 0.5) is 0 Å². The molecule has 0 spiro atoms. The largest absolute Gasteiger partial charge is 0.496 e. The average Bonchev–Trinajstić information content (AvgIpc) is 2.39. The van der Waals surface area contributed by atoms with E-state index >= 15 is 0 Å². The molecule has 0 heterocycles. The maximum absolute atomic E-state index is 6.06. The van der Waals surface area contributed by atoms with Gasteiger partial charge >= 0.3 is 0 Å². The van der Waals surface area contributed by atoms with Crippen molar-refractivity contribution in [2.45, 2.75) is 6.61 Å². The average molecular weight is 271 g/mol. The van der Waals surface area contributed by atoms with Crippen LogP contribution in [0.1, 0.15) is 11.1 Å². The fraction of sp³-hybridized carbons (Fsp3) is 0.385. The highest BCUT2D eigenvalue weighted by molar-refractivity contribution is 6.32. The fourth-order valence-corrected chi connectivity index (χ4v) is 1.82. The van der Waals surface area contributed by atoms with Crippen molar-refractivity contribution in [3.63, 3.8) is 0 Å². The van der Waals surface area contributed by atoms with Crippen molar-refractivity contribution in [1.29, 1.82) is 0 Å². The number of halogens is 1. The number of hydrogen-bond donors (Lipinski definition) is 0. The Balaban J connectivity index is 3.22. The highest BCUT2D eigenvalue weighted by Gasteiger charge is 2.17. The van der Waals surface area contributed by atoms with Crippen molar-refractivity contribution in [2.75, 3.05) is 28.1 Å². The summed E-state index contributed by atoms with van der Waals surface area (Å²) in [6, 6.07) is 1.65. The lowest BCUT2D eigenvalue weighted by Crippen LogP contribution is -2.04. The first-order chi connectivity index (χ1) is 8.69. The molecule has 0 aliphatic carbocycles. The number of benzene rings is 1. The normalized spacial score (nSPS) is 9.94. The Morgan fingerprint density at radius 1 is 1.28 bits per heavy atom. The van der Waals surface area contributed by atoms with E-state index in [1.807, 2.05) is 0 Å². The molecule has 1 aromatic rings. The van der Waals surface area contributed by atoms with E-state index in [0.717, 1.165) is 0 Å². The molecule has 0 saturated carbocycles. The van der Waals surface area contributed by atoms with E-state index in [-0.39, 0.29) is 13.4 Å². The Morgan fingerprint density at radius 3 is 2.50 bits per heavy atom. The van der Waals surface area contributed by atoms with Gasteiger partial charge in [0.15, 0.2) is 5.75 Å². The fourth-order valence-electron chi connectivity index (χ4n) is 1.55. The van der Waals surface area contributed by atoms with Gasteiger partial charge in [0.25, 0.3) is 0 Å². The molecular formula is C13H15ClO4. The molecule has 0 amide bonds. The summed E-state index contributed by atoms with van der Waals surface area (Å²) < 4.78 is 20.6. The third kappa shape index (κ3) is 3.08. The number of methoxy groups -OCH3 is 3. The molecule has 1 aromatic carbocycles. The van der Waals surface area contributed by atoms with Gasteiger partial charge < -0.3 is 18.9 Å². The van der Waals surface area contributed by atoms with E-state index in [9.17, 15) is 0 Å². The van der Waals surface area contributed by atoms with E-state index in [2.05, 4.69) is 5.92 Å². The van der Waals surface area contributed by atoms with Crippen LogP contribution in [0, 0.1) is 12.3 Å². The number of terminal acetylenes is 1. The second-order valence-electron chi connectivity index (χ2n) is 3.35. The second kappa shape index (κ2) is 7.12. The predicted octanol–water partition coefficient (Wildman–Crippen LogP) is 2.46. The summed E-state index contributed by atoms with van der Waals surface area (Å²) in [6.45, 7) is 0.419. The van der Waals surface area contributed by atoms with Crippen LogP contribution in [-0.4, -0.2) is 28.1 Å². The molecule has 0 radical (unpaired) electrons. The summed E-state index contributed by atoms with van der Waals surface area (Å²) in [5, 5.41) is 0.401. The second-order valence-corrected chi connectivity index (χ2v) is 3.75. The Morgan fingerprint density at radius 2 is 2.00 bits per heavy atom. The minimum atomic E-state index is 0.165. The monoisotopic (exact) mass is 270 g/mol. The summed E-state index contributed by atoms with van der Waals surface area (Å²) in [5.41, 5.74) is 1.23. The quantitative estimate of drug-likeness (QED) is 0.452. The molecule has 5 heteroatoms. The molecule has 4 nitrogen and oxygen atoms in total. The number of hydrogen-bond acceptors (Lipinski definition) is 4. The summed E-state index contributed by atoms with van der Waals surface area (Å²) in [4.78, 5) is 0. The first-order valence-corrected chi connectivity index (χ1v) is 5.54. The molecule has 0 aromatic heterocycles. The lowest BCUT2D eigenvalue weighted by Gasteiger charge is -2.15. The zero-order valence-electron chi connectivity index (χ0n) is 10.6. The van der Waals surface area contributed by atoms with Crippen molar-refractivity contribution in [3.05, 3.63) is 22.2 Å². The van der Waals surface area contributed by atoms with Crippen LogP contribution in [0.15, 0.2) is 6.07 Å². The van der Waals surface area contributed by atoms with E-state index in [0.29, 0.717) is 27.6 Å². The van der Waals surface area contributed by atoms with Gasteiger partial charge in [0.05, 0.1) is 31.4 Å². The van der Waals surface area contributed by atoms with Crippen molar-refractivity contribution < 1.29 is 18.9 Å². The van der Waals surface area contributed by atoms with Crippen LogP contribution in [0.5, 0.6) is 11.5 Å². The molecule has 98 valence electrons. The van der Waals surface area contributed by atoms with E-state index in [4.69, 9.17) is 37.0 Å². The number of ether oxygens (including phenoxy) is 4. The maximum Gasteiger partial charge on any atom is 0.153 e. The Hall–Kier alpha value is -1.41. The molecular weight excluding hydrogens is 256 g/mol. The topological polar surface area (TPSA) is 36.9 Å². The van der Waals surface area contributed by atoms with Crippen LogP contribution in [0.2, 0.25) is 5.02 Å². The third-order valence-electron chi connectivity index (χ3n) is 2.32. The maximum atomic E-state index is 6.06. The zero-order chi connectivity index (χ0) is 13.5. The van der Waals surface area contributed by atoms with Gasteiger partial charge in [-0.2, -0.15) is 0 Å². The molecule has 0 fully saturated rings. The van der Waals surface area contributed by atoms with E-state index < -0.39 is 0 Å². The molecule has 0 unspecified atom stereocenters. The van der Waals surface area contributed by atoms with Gasteiger partial charge in [-0.15, -0.1) is 6.42 Å². The molecule has 0 atom stereocenters. The van der Waals surface area contributed by atoms with E-state index in [1.165, 1.54) is 14.2 Å². The standard InChI is InChI=1S/C13H15ClO4/c1-5-9-10(7-18-8-15-2)12(16-3)6-11(14)13(9)17-4/h1,6H,7-8H2,2-4H3. The Bertz CT molecular complexity index is 451. The molecule has 0 aliphatic heterocycles. The van der Waals surface area contributed by atoms with Crippen molar-refractivity contribution in [1.82, 2.24) is 0 Å². The van der Waals surface area contributed by atoms with Crippen molar-refractivity contribution in [3.8, 4) is 23.8 Å². The smallest absolute Gasteiger partial charge is 0.153 e. The minimum absolute atomic E-state index is 0.165. The van der Waals surface area contributed by atoms with Crippen LogP contribution in [-0.2, 0) is 16.1 Å². The van der Waals surface area contributed by atoms with Crippen LogP contribution in [0.25, 0.3) is 0 Å². The SMILES string of the molecule is C#Cc1c(COCOC)c(OC)cc(Cl)c1OC. The molecule has 1 rings (SSSR count). The van der Waals surface area contributed by atoms with E-state index in [1.54, 1.807) is 13.2 Å². The van der Waals surface area contributed by atoms with Gasteiger partial charge in [-0.25, -0.2) is 0 Å². The summed E-state index contributed by atoms with van der Waals surface area (Å²) in [5.74, 6) is 3.55. The molecule has 18 heavy (non-hydrogen) atoms. The summed E-state index contributed by atoms with van der Waals surface area (Å²) >= 11 is 6.06. The van der Waals surface area contributed by atoms with Crippen molar-refractivity contribution in [2.24, 2.45) is 0 Å². The summed E-state index contributed by atoms with van der Waals surface area (Å²) in [7, 11) is 4.59. The molecule has 0 aliphatic rings. The first-order valence-electron chi connectivity index (χ1n) is 5.16. The van der Waals surface area contributed by atoms with Gasteiger partial charge in [0.2, 0.25) is 0 Å². The van der Waals surface area contributed by atoms with Crippen LogP contribution < -0.4 is 9.47 Å². The molecule has 0 bridgehead atoms. The van der Waals surface area contributed by atoms with Crippen molar-refractivity contribution >= 4 is 11.6 Å². The lowest BCUT2D eigenvalue weighted by atomic mass is 10.1. The predicted molar refractivity (Wildman–Crippen MR) is 69.2 cm³/mol. The van der Waals surface area contributed by atoms with Gasteiger partial charge in [-0.3, -0.25) is 0 Å². The molecule has 0 N–H and O–H groups in total. The van der Waals surface area contributed by atoms with Crippen LogP contribution in [0.3, 0.4) is 0 Å². The Labute approximate surface area is 112 Å². The lowest BCUT2D eigenvalue weighted by molar-refractivity contribution is -0.0396. The minimum Gasteiger partial charge on any atom is -0.496 e. The highest BCUT2D eigenvalue weighted by Crippen LogP contribution is 2.37. The summed E-state index contributed by atoms with van der Waals surface area (Å²) in [6.07, 6.45) is 5.49. The van der Waals surface area contributed by atoms with Gasteiger partial charge in [0, 0.05) is 18.7 Å².